The number of ketones is 1. The van der Waals surface area contributed by atoms with Crippen molar-refractivity contribution in [3.8, 4) is 0 Å². The van der Waals surface area contributed by atoms with Crippen LogP contribution < -0.4 is 0 Å². The molecule has 0 aromatic rings. The summed E-state index contributed by atoms with van der Waals surface area (Å²) in [6.07, 6.45) is 9.17. The fraction of sp³-hybridized carbons (Fsp3) is 0.833. The predicted molar refractivity (Wildman–Crippen MR) is 102 cm³/mol. The van der Waals surface area contributed by atoms with Crippen molar-refractivity contribution in [2.75, 3.05) is 0 Å². The summed E-state index contributed by atoms with van der Waals surface area (Å²) in [4.78, 5) is 24.2. The van der Waals surface area contributed by atoms with Crippen LogP contribution in [-0.4, -0.2) is 17.4 Å². The van der Waals surface area contributed by atoms with Gasteiger partial charge in [0.15, 0.2) is 5.78 Å². The lowest BCUT2D eigenvalue weighted by atomic mass is 9.45. The quantitative estimate of drug-likeness (QED) is 0.589. The molecule has 3 nitrogen and oxygen atoms in total. The molecular formula is C24H32O3. The number of hydrogen-bond donors (Lipinski definition) is 0. The van der Waals surface area contributed by atoms with Crippen LogP contribution in [0.25, 0.3) is 0 Å². The molecule has 0 radical (unpaired) electrons. The maximum atomic E-state index is 12.1. The average Bonchev–Trinajstić information content (AvgIpc) is 3.28. The van der Waals surface area contributed by atoms with Crippen LogP contribution in [0, 0.1) is 52.8 Å². The Balaban J connectivity index is 1.42. The number of ether oxygens (including phenoxy) is 1. The molecule has 6 rings (SSSR count). The summed E-state index contributed by atoms with van der Waals surface area (Å²) in [5.41, 5.74) is 1.50. The van der Waals surface area contributed by atoms with E-state index in [1.54, 1.807) is 0 Å². The molecule has 1 heterocycles. The highest BCUT2D eigenvalue weighted by atomic mass is 16.6. The van der Waals surface area contributed by atoms with E-state index in [0.29, 0.717) is 41.8 Å². The van der Waals surface area contributed by atoms with Crippen molar-refractivity contribution >= 4 is 11.8 Å². The van der Waals surface area contributed by atoms with Crippen LogP contribution in [0.3, 0.4) is 0 Å². The number of rotatable bonds is 0. The van der Waals surface area contributed by atoms with Gasteiger partial charge in [0.05, 0.1) is 0 Å². The van der Waals surface area contributed by atoms with E-state index in [2.05, 4.69) is 20.8 Å². The Hall–Kier alpha value is -1.12. The average molecular weight is 369 g/mol. The molecule has 4 saturated carbocycles. The normalized spacial score (nSPS) is 58.1. The van der Waals surface area contributed by atoms with Gasteiger partial charge in [-0.05, 0) is 79.6 Å². The molecule has 0 aromatic heterocycles. The first-order chi connectivity index (χ1) is 12.9. The van der Waals surface area contributed by atoms with Gasteiger partial charge in [-0.25, -0.2) is 0 Å². The Morgan fingerprint density at radius 1 is 1.07 bits per heavy atom. The second kappa shape index (κ2) is 5.07. The summed E-state index contributed by atoms with van der Waals surface area (Å²) in [5, 5.41) is 0. The molecule has 146 valence electrons. The van der Waals surface area contributed by atoms with E-state index >= 15 is 0 Å². The van der Waals surface area contributed by atoms with E-state index in [4.69, 9.17) is 4.74 Å². The zero-order valence-electron chi connectivity index (χ0n) is 16.9. The molecule has 0 bridgehead atoms. The van der Waals surface area contributed by atoms with Crippen molar-refractivity contribution in [1.82, 2.24) is 0 Å². The number of hydrogen-bond acceptors (Lipinski definition) is 3. The second-order valence-electron chi connectivity index (χ2n) is 11.0. The van der Waals surface area contributed by atoms with Crippen LogP contribution >= 0.6 is 0 Å². The fourth-order valence-corrected chi connectivity index (χ4v) is 9.18. The summed E-state index contributed by atoms with van der Waals surface area (Å²) in [6.45, 7) is 7.30. The zero-order valence-corrected chi connectivity index (χ0v) is 16.9. The number of carbonyl (C=O) groups is 2. The van der Waals surface area contributed by atoms with Gasteiger partial charge in [0.25, 0.3) is 0 Å². The highest BCUT2D eigenvalue weighted by Gasteiger charge is 2.79. The first kappa shape index (κ1) is 16.8. The molecule has 0 amide bonds. The summed E-state index contributed by atoms with van der Waals surface area (Å²) >= 11 is 0. The third-order valence-corrected chi connectivity index (χ3v) is 10.4. The fourth-order valence-electron chi connectivity index (χ4n) is 9.18. The lowest BCUT2D eigenvalue weighted by Gasteiger charge is -2.60. The first-order valence-corrected chi connectivity index (χ1v) is 11.3. The van der Waals surface area contributed by atoms with E-state index in [1.165, 1.54) is 24.8 Å². The lowest BCUT2D eigenvalue weighted by Crippen LogP contribution is -2.57. The van der Waals surface area contributed by atoms with Gasteiger partial charge in [0.2, 0.25) is 0 Å². The number of esters is 1. The van der Waals surface area contributed by atoms with Gasteiger partial charge >= 0.3 is 5.97 Å². The topological polar surface area (TPSA) is 43.4 Å². The second-order valence-corrected chi connectivity index (χ2v) is 11.0. The molecule has 5 aliphatic carbocycles. The van der Waals surface area contributed by atoms with Crippen molar-refractivity contribution in [2.45, 2.75) is 71.3 Å². The molecule has 27 heavy (non-hydrogen) atoms. The zero-order chi connectivity index (χ0) is 18.7. The van der Waals surface area contributed by atoms with E-state index < -0.39 is 0 Å². The monoisotopic (exact) mass is 368 g/mol. The molecule has 5 fully saturated rings. The van der Waals surface area contributed by atoms with Crippen molar-refractivity contribution in [2.24, 2.45) is 52.8 Å². The number of carbonyl (C=O) groups excluding carboxylic acids is 2. The third kappa shape index (κ3) is 1.85. The van der Waals surface area contributed by atoms with Crippen molar-refractivity contribution in [1.29, 1.82) is 0 Å². The minimum Gasteiger partial charge on any atom is -0.458 e. The molecule has 3 heteroatoms. The molecule has 10 atom stereocenters. The Labute approximate surface area is 162 Å². The van der Waals surface area contributed by atoms with Gasteiger partial charge in [-0.2, -0.15) is 0 Å². The van der Waals surface area contributed by atoms with Crippen molar-refractivity contribution in [3.05, 3.63) is 11.6 Å². The smallest absolute Gasteiger partial charge is 0.306 e. The Morgan fingerprint density at radius 2 is 1.89 bits per heavy atom. The van der Waals surface area contributed by atoms with E-state index in [-0.39, 0.29) is 17.0 Å². The maximum Gasteiger partial charge on any atom is 0.306 e. The highest BCUT2D eigenvalue weighted by Crippen LogP contribution is 2.79. The van der Waals surface area contributed by atoms with Gasteiger partial charge < -0.3 is 4.74 Å². The van der Waals surface area contributed by atoms with E-state index in [0.717, 1.165) is 37.0 Å². The third-order valence-electron chi connectivity index (χ3n) is 10.4. The number of fused-ring (bicyclic) bond motifs is 9. The molecule has 0 N–H and O–H groups in total. The van der Waals surface area contributed by atoms with Crippen LogP contribution in [-0.2, 0) is 14.3 Å². The van der Waals surface area contributed by atoms with Crippen molar-refractivity contribution < 1.29 is 14.3 Å². The Bertz CT molecular complexity index is 768. The Morgan fingerprint density at radius 3 is 2.63 bits per heavy atom. The van der Waals surface area contributed by atoms with Gasteiger partial charge in [-0.1, -0.05) is 26.3 Å². The SMILES string of the molecule is CC1C2=CC(=O)CC[C@@H]2C2CC[C@@]3(C)C(C4CC4[C@@]34CCC(=O)O4)C2C1C. The van der Waals surface area contributed by atoms with Gasteiger partial charge in [0, 0.05) is 24.2 Å². The molecule has 0 aromatic carbocycles. The molecule has 1 saturated heterocycles. The highest BCUT2D eigenvalue weighted by molar-refractivity contribution is 5.91. The largest absolute Gasteiger partial charge is 0.458 e. The van der Waals surface area contributed by atoms with Gasteiger partial charge in [0.1, 0.15) is 5.60 Å². The molecule has 7 unspecified atom stereocenters. The molecule has 6 aliphatic rings. The number of allylic oxidation sites excluding steroid dienone is 1. The summed E-state index contributed by atoms with van der Waals surface area (Å²) in [6, 6.07) is 0. The van der Waals surface area contributed by atoms with Gasteiger partial charge in [-0.15, -0.1) is 0 Å². The molecule has 1 aliphatic heterocycles. The van der Waals surface area contributed by atoms with Crippen LogP contribution in [0.15, 0.2) is 11.6 Å². The predicted octanol–water partition coefficient (Wildman–Crippen LogP) is 4.55. The maximum absolute atomic E-state index is 12.1. The van der Waals surface area contributed by atoms with Crippen molar-refractivity contribution in [3.63, 3.8) is 0 Å². The van der Waals surface area contributed by atoms with Gasteiger partial charge in [-0.3, -0.25) is 9.59 Å². The standard InChI is InChI=1S/C24H32O3/c1-12-13(2)21-16(15-5-4-14(25)10-17(12)15)6-8-23(3)22(21)18-11-19(18)24(23)9-7-20(26)27-24/h10,12-13,15-16,18-19,21-22H,4-9,11H2,1-3H3/t12?,13?,15-,16?,18?,19?,21?,22?,23+,24+/m1/s1. The van der Waals surface area contributed by atoms with Crippen LogP contribution in [0.5, 0.6) is 0 Å². The lowest BCUT2D eigenvalue weighted by molar-refractivity contribution is -0.177. The molecular weight excluding hydrogens is 336 g/mol. The van der Waals surface area contributed by atoms with E-state index in [1.807, 2.05) is 6.08 Å². The Kier molecular flexibility index (Phi) is 3.16. The summed E-state index contributed by atoms with van der Waals surface area (Å²) in [7, 11) is 0. The van der Waals surface area contributed by atoms with Crippen LogP contribution in [0.4, 0.5) is 0 Å². The summed E-state index contributed by atoms with van der Waals surface area (Å²) in [5.74, 6) is 5.76. The minimum absolute atomic E-state index is 0.0470. The summed E-state index contributed by atoms with van der Waals surface area (Å²) < 4.78 is 6.20. The minimum atomic E-state index is -0.147. The van der Waals surface area contributed by atoms with Crippen LogP contribution in [0.2, 0.25) is 0 Å². The van der Waals surface area contributed by atoms with Crippen LogP contribution in [0.1, 0.15) is 65.7 Å². The molecule has 1 spiro atoms. The first-order valence-electron chi connectivity index (χ1n) is 11.3. The van der Waals surface area contributed by atoms with E-state index in [9.17, 15) is 9.59 Å².